The van der Waals surface area contributed by atoms with Crippen molar-refractivity contribution in [2.75, 3.05) is 11.9 Å². The molecular weight excluding hydrogens is 282 g/mol. The minimum atomic E-state index is -1.01. The summed E-state index contributed by atoms with van der Waals surface area (Å²) in [7, 11) is 0. The molecule has 0 saturated heterocycles. The molecule has 0 aliphatic heterocycles. The Balaban J connectivity index is 2.57. The van der Waals surface area contributed by atoms with Crippen LogP contribution in [0.15, 0.2) is 18.2 Å². The number of carboxylic acid groups (broad SMARTS) is 1. The molecule has 1 rings (SSSR count). The Bertz CT molecular complexity index is 521. The van der Waals surface area contributed by atoms with Gasteiger partial charge in [0.2, 0.25) is 0 Å². The lowest BCUT2D eigenvalue weighted by atomic mass is 9.97. The van der Waals surface area contributed by atoms with Crippen LogP contribution in [0.4, 0.5) is 19.3 Å². The third-order valence-corrected chi connectivity index (χ3v) is 2.79. The van der Waals surface area contributed by atoms with Gasteiger partial charge in [-0.25, -0.2) is 13.6 Å². The molecule has 0 heterocycles. The lowest BCUT2D eigenvalue weighted by Crippen LogP contribution is -2.36. The fourth-order valence-electron chi connectivity index (χ4n) is 1.82. The van der Waals surface area contributed by atoms with Gasteiger partial charge in [0.1, 0.15) is 11.6 Å². The quantitative estimate of drug-likeness (QED) is 0.756. The Hall–Kier alpha value is -2.18. The number of carbonyl (C=O) groups excluding carboxylic acids is 1. The van der Waals surface area contributed by atoms with Gasteiger partial charge in [-0.1, -0.05) is 13.8 Å². The highest BCUT2D eigenvalue weighted by atomic mass is 19.1. The molecule has 0 aliphatic rings. The predicted octanol–water partition coefficient (Wildman–Crippen LogP) is 2.83. The molecule has 3 N–H and O–H groups in total. The molecule has 1 aromatic rings. The van der Waals surface area contributed by atoms with Crippen LogP contribution in [0.5, 0.6) is 0 Å². The molecule has 21 heavy (non-hydrogen) atoms. The van der Waals surface area contributed by atoms with Gasteiger partial charge in [-0.3, -0.25) is 4.79 Å². The molecule has 1 atom stereocenters. The Morgan fingerprint density at radius 1 is 1.29 bits per heavy atom. The summed E-state index contributed by atoms with van der Waals surface area (Å²) >= 11 is 0. The van der Waals surface area contributed by atoms with E-state index in [1.807, 2.05) is 13.8 Å². The normalized spacial score (nSPS) is 12.0. The van der Waals surface area contributed by atoms with Crippen LogP contribution in [0.2, 0.25) is 0 Å². The first kappa shape index (κ1) is 16.9. The lowest BCUT2D eigenvalue weighted by molar-refractivity contribution is -0.142. The average Bonchev–Trinajstić information content (AvgIpc) is 2.38. The number of urea groups is 1. The van der Waals surface area contributed by atoms with Crippen LogP contribution in [-0.2, 0) is 4.79 Å². The molecule has 0 saturated carbocycles. The second-order valence-electron chi connectivity index (χ2n) is 5.12. The first-order valence-corrected chi connectivity index (χ1v) is 6.52. The molecule has 1 aromatic carbocycles. The Kier molecular flexibility index (Phi) is 6.08. The highest BCUT2D eigenvalue weighted by molar-refractivity contribution is 5.89. The first-order valence-electron chi connectivity index (χ1n) is 6.52. The number of nitrogens with one attached hydrogen (secondary N) is 2. The zero-order chi connectivity index (χ0) is 16.0. The molecule has 0 aliphatic carbocycles. The van der Waals surface area contributed by atoms with Gasteiger partial charge in [0.05, 0.1) is 11.6 Å². The van der Waals surface area contributed by atoms with E-state index in [-0.39, 0.29) is 18.2 Å². The number of benzene rings is 1. The van der Waals surface area contributed by atoms with E-state index in [1.165, 1.54) is 0 Å². The summed E-state index contributed by atoms with van der Waals surface area (Å²) in [5.41, 5.74) is -0.303. The number of hydrogen-bond acceptors (Lipinski definition) is 2. The minimum absolute atomic E-state index is 0.0870. The van der Waals surface area contributed by atoms with Crippen molar-refractivity contribution in [1.29, 1.82) is 0 Å². The van der Waals surface area contributed by atoms with Crippen LogP contribution in [0.25, 0.3) is 0 Å². The number of carboxylic acids is 1. The summed E-state index contributed by atoms with van der Waals surface area (Å²) in [6.45, 7) is 3.66. The van der Waals surface area contributed by atoms with E-state index < -0.39 is 29.6 Å². The molecule has 0 aromatic heterocycles. The molecule has 0 bridgehead atoms. The van der Waals surface area contributed by atoms with E-state index in [1.54, 1.807) is 0 Å². The van der Waals surface area contributed by atoms with E-state index in [9.17, 15) is 18.4 Å². The van der Waals surface area contributed by atoms with Gasteiger partial charge in [0, 0.05) is 12.6 Å². The summed E-state index contributed by atoms with van der Waals surface area (Å²) in [6.07, 6.45) is 0.407. The van der Waals surface area contributed by atoms with Crippen molar-refractivity contribution in [3.8, 4) is 0 Å². The third-order valence-electron chi connectivity index (χ3n) is 2.79. The molecule has 0 radical (unpaired) electrons. The molecular formula is C14H18F2N2O3. The fourth-order valence-corrected chi connectivity index (χ4v) is 1.82. The van der Waals surface area contributed by atoms with E-state index in [0.717, 1.165) is 18.2 Å². The molecule has 5 nitrogen and oxygen atoms in total. The molecule has 116 valence electrons. The number of halogens is 2. The zero-order valence-electron chi connectivity index (χ0n) is 11.8. The molecule has 0 spiro atoms. The van der Waals surface area contributed by atoms with Gasteiger partial charge < -0.3 is 15.7 Å². The van der Waals surface area contributed by atoms with Gasteiger partial charge in [-0.05, 0) is 24.5 Å². The van der Waals surface area contributed by atoms with Crippen LogP contribution in [0, 0.1) is 23.5 Å². The predicted molar refractivity (Wildman–Crippen MR) is 74.0 cm³/mol. The maximum absolute atomic E-state index is 13.3. The average molecular weight is 300 g/mol. The monoisotopic (exact) mass is 300 g/mol. The van der Waals surface area contributed by atoms with Crippen molar-refractivity contribution in [3.63, 3.8) is 0 Å². The van der Waals surface area contributed by atoms with Gasteiger partial charge in [-0.15, -0.1) is 0 Å². The van der Waals surface area contributed by atoms with Crippen molar-refractivity contribution >= 4 is 17.7 Å². The van der Waals surface area contributed by atoms with Crippen molar-refractivity contribution in [2.24, 2.45) is 11.8 Å². The number of rotatable bonds is 6. The summed E-state index contributed by atoms with van der Waals surface area (Å²) in [6, 6.07) is 1.89. The SMILES string of the molecule is CC(C)CC(CNC(=O)Nc1cc(F)ccc1F)C(=O)O. The van der Waals surface area contributed by atoms with E-state index >= 15 is 0 Å². The lowest BCUT2D eigenvalue weighted by Gasteiger charge is -2.15. The number of hydrogen-bond donors (Lipinski definition) is 3. The Morgan fingerprint density at radius 2 is 1.95 bits per heavy atom. The summed E-state index contributed by atoms with van der Waals surface area (Å²) in [5, 5.41) is 13.5. The van der Waals surface area contributed by atoms with Crippen molar-refractivity contribution in [3.05, 3.63) is 29.8 Å². The number of carbonyl (C=O) groups is 2. The summed E-state index contributed by atoms with van der Waals surface area (Å²) in [5.74, 6) is -3.04. The maximum Gasteiger partial charge on any atom is 0.319 e. The Labute approximate surface area is 121 Å². The number of aliphatic carboxylic acids is 1. The summed E-state index contributed by atoms with van der Waals surface area (Å²) < 4.78 is 26.3. The molecule has 7 heteroatoms. The highest BCUT2D eigenvalue weighted by Crippen LogP contribution is 2.15. The second-order valence-corrected chi connectivity index (χ2v) is 5.12. The largest absolute Gasteiger partial charge is 0.481 e. The van der Waals surface area contributed by atoms with Crippen molar-refractivity contribution in [2.45, 2.75) is 20.3 Å². The molecule has 0 fully saturated rings. The first-order chi connectivity index (χ1) is 9.79. The standard InChI is InChI=1S/C14H18F2N2O3/c1-8(2)5-9(13(19)20)7-17-14(21)18-12-6-10(15)3-4-11(12)16/h3-4,6,8-9H,5,7H2,1-2H3,(H,19,20)(H2,17,18,21). The highest BCUT2D eigenvalue weighted by Gasteiger charge is 2.19. The van der Waals surface area contributed by atoms with Crippen molar-refractivity contribution < 1.29 is 23.5 Å². The molecule has 2 amide bonds. The minimum Gasteiger partial charge on any atom is -0.481 e. The van der Waals surface area contributed by atoms with Crippen LogP contribution >= 0.6 is 0 Å². The smallest absolute Gasteiger partial charge is 0.319 e. The van der Waals surface area contributed by atoms with Crippen LogP contribution < -0.4 is 10.6 Å². The zero-order valence-corrected chi connectivity index (χ0v) is 11.8. The van der Waals surface area contributed by atoms with Crippen LogP contribution in [0.1, 0.15) is 20.3 Å². The van der Waals surface area contributed by atoms with Gasteiger partial charge >= 0.3 is 12.0 Å². The third kappa shape index (κ3) is 5.76. The Morgan fingerprint density at radius 3 is 2.52 bits per heavy atom. The maximum atomic E-state index is 13.3. The van der Waals surface area contributed by atoms with Crippen LogP contribution in [0.3, 0.4) is 0 Å². The second kappa shape index (κ2) is 7.56. The fraction of sp³-hybridized carbons (Fsp3) is 0.429. The van der Waals surface area contributed by atoms with E-state index in [2.05, 4.69) is 10.6 Å². The van der Waals surface area contributed by atoms with Crippen LogP contribution in [-0.4, -0.2) is 23.7 Å². The van der Waals surface area contributed by atoms with Gasteiger partial charge in [0.25, 0.3) is 0 Å². The topological polar surface area (TPSA) is 78.4 Å². The van der Waals surface area contributed by atoms with E-state index in [4.69, 9.17) is 5.11 Å². The van der Waals surface area contributed by atoms with Gasteiger partial charge in [-0.2, -0.15) is 0 Å². The summed E-state index contributed by atoms with van der Waals surface area (Å²) in [4.78, 5) is 22.6. The van der Waals surface area contributed by atoms with E-state index in [0.29, 0.717) is 6.42 Å². The number of amides is 2. The number of anilines is 1. The van der Waals surface area contributed by atoms with Gasteiger partial charge in [0.15, 0.2) is 0 Å². The van der Waals surface area contributed by atoms with Crippen molar-refractivity contribution in [1.82, 2.24) is 5.32 Å². The molecule has 1 unspecified atom stereocenters.